The van der Waals surface area contributed by atoms with Crippen molar-refractivity contribution in [2.75, 3.05) is 32.1 Å². The first kappa shape index (κ1) is 20.0. The predicted octanol–water partition coefficient (Wildman–Crippen LogP) is 3.87. The van der Waals surface area contributed by atoms with Gasteiger partial charge in [0, 0.05) is 42.3 Å². The number of aliphatic imine (C=N–C) groups is 1. The Morgan fingerprint density at radius 1 is 1.27 bits per heavy atom. The highest BCUT2D eigenvalue weighted by Gasteiger charge is 2.07. The molecule has 1 heterocycles. The molecule has 2 aromatic rings. The number of hydrogen-bond acceptors (Lipinski definition) is 5. The van der Waals surface area contributed by atoms with Crippen molar-refractivity contribution in [3.63, 3.8) is 0 Å². The van der Waals surface area contributed by atoms with Gasteiger partial charge in [-0.1, -0.05) is 0 Å². The summed E-state index contributed by atoms with van der Waals surface area (Å²) in [5.74, 6) is 2.20. The van der Waals surface area contributed by atoms with Gasteiger partial charge in [-0.05, 0) is 39.3 Å². The largest absolute Gasteiger partial charge is 0.493 e. The number of rotatable bonds is 9. The Morgan fingerprint density at radius 2 is 2.12 bits per heavy atom. The quantitative estimate of drug-likeness (QED) is 0.395. The minimum atomic E-state index is 0.587. The van der Waals surface area contributed by atoms with E-state index < -0.39 is 0 Å². The summed E-state index contributed by atoms with van der Waals surface area (Å²) in [6, 6.07) is 5.77. The molecule has 0 unspecified atom stereocenters. The Bertz CT molecular complexity index is 715. The van der Waals surface area contributed by atoms with Gasteiger partial charge in [0.05, 0.1) is 18.7 Å². The maximum atomic E-state index is 5.63. The first-order chi connectivity index (χ1) is 12.7. The zero-order valence-electron chi connectivity index (χ0n) is 16.0. The molecule has 7 heteroatoms. The van der Waals surface area contributed by atoms with Gasteiger partial charge < -0.3 is 20.1 Å². The van der Waals surface area contributed by atoms with Crippen LogP contribution in [0.3, 0.4) is 0 Å². The van der Waals surface area contributed by atoms with Gasteiger partial charge in [-0.15, -0.1) is 11.3 Å². The van der Waals surface area contributed by atoms with E-state index >= 15 is 0 Å². The molecule has 6 nitrogen and oxygen atoms in total. The first-order valence-corrected chi connectivity index (χ1v) is 9.81. The summed E-state index contributed by atoms with van der Waals surface area (Å²) in [5, 5.41) is 9.85. The average Bonchev–Trinajstić information content (AvgIpc) is 3.05. The first-order valence-electron chi connectivity index (χ1n) is 8.93. The molecule has 2 rings (SSSR count). The molecule has 1 aromatic heterocycles. The summed E-state index contributed by atoms with van der Waals surface area (Å²) in [6.45, 7) is 8.15. The third kappa shape index (κ3) is 6.22. The molecular formula is C19H28N4O2S. The molecule has 1 aromatic carbocycles. The van der Waals surface area contributed by atoms with E-state index in [9.17, 15) is 0 Å². The van der Waals surface area contributed by atoms with E-state index in [1.54, 1.807) is 18.4 Å². The molecule has 0 fully saturated rings. The Balaban J connectivity index is 1.96. The second-order valence-corrected chi connectivity index (χ2v) is 6.61. The van der Waals surface area contributed by atoms with Crippen molar-refractivity contribution in [2.24, 2.45) is 4.99 Å². The fraction of sp³-hybridized carbons (Fsp3) is 0.474. The lowest BCUT2D eigenvalue weighted by Gasteiger charge is -2.14. The highest BCUT2D eigenvalue weighted by molar-refractivity contribution is 7.09. The van der Waals surface area contributed by atoms with Crippen LogP contribution >= 0.6 is 11.3 Å². The lowest BCUT2D eigenvalue weighted by Crippen LogP contribution is -2.30. The summed E-state index contributed by atoms with van der Waals surface area (Å²) in [4.78, 5) is 9.14. The van der Waals surface area contributed by atoms with E-state index in [2.05, 4.69) is 32.9 Å². The molecular weight excluding hydrogens is 348 g/mol. The van der Waals surface area contributed by atoms with Crippen molar-refractivity contribution >= 4 is 23.0 Å². The minimum absolute atomic E-state index is 0.587. The third-order valence-electron chi connectivity index (χ3n) is 3.56. The number of aromatic nitrogens is 1. The number of anilines is 1. The predicted molar refractivity (Wildman–Crippen MR) is 109 cm³/mol. The standard InChI is InChI=1S/C19H28N4O2S/c1-5-20-19(21-11-7-8-18-22-14(3)13-26-18)23-15-9-10-16(24-4)17(12-15)25-6-2/h9-10,12-13H,5-8,11H2,1-4H3,(H2,20,21,23). The normalized spacial score (nSPS) is 11.3. The van der Waals surface area contributed by atoms with E-state index in [4.69, 9.17) is 9.47 Å². The van der Waals surface area contributed by atoms with Gasteiger partial charge in [0.25, 0.3) is 0 Å². The van der Waals surface area contributed by atoms with Crippen LogP contribution in [0.15, 0.2) is 28.6 Å². The van der Waals surface area contributed by atoms with Crippen LogP contribution in [0.5, 0.6) is 11.5 Å². The Morgan fingerprint density at radius 3 is 2.77 bits per heavy atom. The highest BCUT2D eigenvalue weighted by atomic mass is 32.1. The van der Waals surface area contributed by atoms with E-state index in [0.29, 0.717) is 6.61 Å². The molecule has 0 aliphatic carbocycles. The van der Waals surface area contributed by atoms with Crippen LogP contribution in [-0.4, -0.2) is 37.7 Å². The maximum Gasteiger partial charge on any atom is 0.195 e. The molecule has 0 amide bonds. The summed E-state index contributed by atoms with van der Waals surface area (Å²) < 4.78 is 11.0. The summed E-state index contributed by atoms with van der Waals surface area (Å²) in [6.07, 6.45) is 1.93. The fourth-order valence-electron chi connectivity index (χ4n) is 2.41. The molecule has 0 spiro atoms. The van der Waals surface area contributed by atoms with Crippen LogP contribution in [0.4, 0.5) is 5.69 Å². The van der Waals surface area contributed by atoms with Crippen LogP contribution in [0.2, 0.25) is 0 Å². The number of benzene rings is 1. The monoisotopic (exact) mass is 376 g/mol. The van der Waals surface area contributed by atoms with Crippen LogP contribution in [0.25, 0.3) is 0 Å². The van der Waals surface area contributed by atoms with Crippen molar-refractivity contribution in [1.82, 2.24) is 10.3 Å². The second-order valence-electron chi connectivity index (χ2n) is 5.67. The topological polar surface area (TPSA) is 67.8 Å². The maximum absolute atomic E-state index is 5.63. The van der Waals surface area contributed by atoms with Gasteiger partial charge in [0.1, 0.15) is 0 Å². The van der Waals surface area contributed by atoms with E-state index in [1.807, 2.05) is 32.0 Å². The van der Waals surface area contributed by atoms with Gasteiger partial charge in [-0.2, -0.15) is 0 Å². The van der Waals surface area contributed by atoms with Gasteiger partial charge in [0.2, 0.25) is 0 Å². The number of guanidine groups is 1. The summed E-state index contributed by atoms with van der Waals surface area (Å²) >= 11 is 1.71. The van der Waals surface area contributed by atoms with Crippen molar-refractivity contribution in [3.8, 4) is 11.5 Å². The molecule has 0 saturated carbocycles. The van der Waals surface area contributed by atoms with Crippen LogP contribution in [0, 0.1) is 6.92 Å². The molecule has 0 aliphatic rings. The fourth-order valence-corrected chi connectivity index (χ4v) is 3.22. The molecule has 2 N–H and O–H groups in total. The zero-order valence-corrected chi connectivity index (χ0v) is 16.8. The lowest BCUT2D eigenvalue weighted by molar-refractivity contribution is 0.311. The van der Waals surface area contributed by atoms with Gasteiger partial charge in [-0.3, -0.25) is 4.99 Å². The molecule has 26 heavy (non-hydrogen) atoms. The number of ether oxygens (including phenoxy) is 2. The van der Waals surface area contributed by atoms with Gasteiger partial charge >= 0.3 is 0 Å². The van der Waals surface area contributed by atoms with Crippen molar-refractivity contribution < 1.29 is 9.47 Å². The summed E-state index contributed by atoms with van der Waals surface area (Å²) in [7, 11) is 1.64. The summed E-state index contributed by atoms with van der Waals surface area (Å²) in [5.41, 5.74) is 2.00. The van der Waals surface area contributed by atoms with Crippen molar-refractivity contribution in [1.29, 1.82) is 0 Å². The SMILES string of the molecule is CCNC(=NCCCc1nc(C)cs1)Nc1ccc(OC)c(OCC)c1. The number of nitrogens with one attached hydrogen (secondary N) is 2. The molecule has 0 bridgehead atoms. The minimum Gasteiger partial charge on any atom is -0.493 e. The van der Waals surface area contributed by atoms with Crippen LogP contribution in [0.1, 0.15) is 31.0 Å². The lowest BCUT2D eigenvalue weighted by atomic mass is 10.2. The third-order valence-corrected chi connectivity index (χ3v) is 4.58. The van der Waals surface area contributed by atoms with Crippen LogP contribution in [-0.2, 0) is 6.42 Å². The number of hydrogen-bond donors (Lipinski definition) is 2. The van der Waals surface area contributed by atoms with Gasteiger partial charge in [-0.25, -0.2) is 4.98 Å². The Hall–Kier alpha value is -2.28. The molecule has 0 aliphatic heterocycles. The van der Waals surface area contributed by atoms with E-state index in [0.717, 1.165) is 54.8 Å². The molecule has 0 saturated heterocycles. The van der Waals surface area contributed by atoms with Crippen molar-refractivity contribution in [3.05, 3.63) is 34.3 Å². The highest BCUT2D eigenvalue weighted by Crippen LogP contribution is 2.30. The number of nitrogens with zero attached hydrogens (tertiary/aromatic N) is 2. The second kappa shape index (κ2) is 10.7. The molecule has 0 radical (unpaired) electrons. The average molecular weight is 377 g/mol. The zero-order chi connectivity index (χ0) is 18.8. The van der Waals surface area contributed by atoms with Crippen LogP contribution < -0.4 is 20.1 Å². The smallest absolute Gasteiger partial charge is 0.195 e. The molecule has 142 valence electrons. The van der Waals surface area contributed by atoms with E-state index in [-0.39, 0.29) is 0 Å². The number of thiazole rings is 1. The van der Waals surface area contributed by atoms with Gasteiger partial charge in [0.15, 0.2) is 17.5 Å². The Labute approximate surface area is 159 Å². The molecule has 0 atom stereocenters. The Kier molecular flexibility index (Phi) is 8.21. The number of aryl methyl sites for hydroxylation is 2. The van der Waals surface area contributed by atoms with Crippen molar-refractivity contribution in [2.45, 2.75) is 33.6 Å². The number of methoxy groups -OCH3 is 1. The van der Waals surface area contributed by atoms with E-state index in [1.165, 1.54) is 5.01 Å².